The van der Waals surface area contributed by atoms with Crippen molar-refractivity contribution >= 4 is 21.6 Å². The van der Waals surface area contributed by atoms with E-state index in [4.69, 9.17) is 5.26 Å². The van der Waals surface area contributed by atoms with E-state index >= 15 is 0 Å². The molecule has 0 aliphatic heterocycles. The second-order valence-corrected chi connectivity index (χ2v) is 4.60. The van der Waals surface area contributed by atoms with Gasteiger partial charge in [-0.2, -0.15) is 5.26 Å². The van der Waals surface area contributed by atoms with Crippen LogP contribution in [0.3, 0.4) is 0 Å². The van der Waals surface area contributed by atoms with Crippen LogP contribution < -0.4 is 5.32 Å². The highest BCUT2D eigenvalue weighted by Gasteiger charge is 2.04. The van der Waals surface area contributed by atoms with Crippen molar-refractivity contribution in [3.05, 3.63) is 63.9 Å². The van der Waals surface area contributed by atoms with Crippen LogP contribution in [0.1, 0.15) is 11.1 Å². The quantitative estimate of drug-likeness (QED) is 0.927. The van der Waals surface area contributed by atoms with Gasteiger partial charge in [-0.3, -0.25) is 0 Å². The maximum Gasteiger partial charge on any atom is 0.123 e. The fraction of sp³-hybridized carbons (Fsp3) is 0.0714. The Bertz CT molecular complexity index is 605. The van der Waals surface area contributed by atoms with Gasteiger partial charge in [0.05, 0.1) is 11.3 Å². The summed E-state index contributed by atoms with van der Waals surface area (Å²) in [6, 6.07) is 13.9. The first-order valence-electron chi connectivity index (χ1n) is 5.37. The lowest BCUT2D eigenvalue weighted by atomic mass is 10.1. The van der Waals surface area contributed by atoms with E-state index in [-0.39, 0.29) is 5.82 Å². The smallest absolute Gasteiger partial charge is 0.123 e. The zero-order valence-electron chi connectivity index (χ0n) is 9.45. The average Bonchev–Trinajstić information content (AvgIpc) is 2.40. The van der Waals surface area contributed by atoms with Gasteiger partial charge in [-0.05, 0) is 35.9 Å². The van der Waals surface area contributed by atoms with Gasteiger partial charge in [0.1, 0.15) is 11.9 Å². The molecule has 0 aliphatic rings. The first-order chi connectivity index (χ1) is 8.70. The molecular weight excluding hydrogens is 295 g/mol. The van der Waals surface area contributed by atoms with Crippen LogP contribution in [0.5, 0.6) is 0 Å². The minimum atomic E-state index is -0.274. The van der Waals surface area contributed by atoms with Crippen LogP contribution in [-0.2, 0) is 6.54 Å². The van der Waals surface area contributed by atoms with Crippen molar-refractivity contribution in [3.8, 4) is 6.07 Å². The lowest BCUT2D eigenvalue weighted by molar-refractivity contribution is 0.625. The lowest BCUT2D eigenvalue weighted by Crippen LogP contribution is -2.02. The zero-order chi connectivity index (χ0) is 13.0. The van der Waals surface area contributed by atoms with E-state index in [9.17, 15) is 4.39 Å². The molecule has 4 heteroatoms. The summed E-state index contributed by atoms with van der Waals surface area (Å²) in [6.07, 6.45) is 0. The number of rotatable bonds is 3. The molecule has 0 atom stereocenters. The number of nitrogens with one attached hydrogen (secondary N) is 1. The van der Waals surface area contributed by atoms with Crippen molar-refractivity contribution in [2.45, 2.75) is 6.54 Å². The van der Waals surface area contributed by atoms with E-state index in [1.54, 1.807) is 12.1 Å². The number of halogens is 2. The van der Waals surface area contributed by atoms with Crippen LogP contribution in [0.25, 0.3) is 0 Å². The Hall–Kier alpha value is -1.86. The maximum atomic E-state index is 13.1. The van der Waals surface area contributed by atoms with Gasteiger partial charge in [0, 0.05) is 11.0 Å². The van der Waals surface area contributed by atoms with Crippen LogP contribution in [-0.4, -0.2) is 0 Å². The maximum absolute atomic E-state index is 13.1. The molecule has 18 heavy (non-hydrogen) atoms. The molecule has 90 valence electrons. The van der Waals surface area contributed by atoms with Gasteiger partial charge in [0.2, 0.25) is 0 Å². The molecule has 0 radical (unpaired) electrons. The molecule has 2 rings (SSSR count). The highest BCUT2D eigenvalue weighted by atomic mass is 79.9. The molecule has 1 N–H and O–H groups in total. The lowest BCUT2D eigenvalue weighted by Gasteiger charge is -2.09. The summed E-state index contributed by atoms with van der Waals surface area (Å²) in [6.45, 7) is 0.455. The number of anilines is 1. The van der Waals surface area contributed by atoms with Crippen LogP contribution in [0.4, 0.5) is 10.1 Å². The first kappa shape index (κ1) is 12.6. The molecule has 2 nitrogen and oxygen atoms in total. The van der Waals surface area contributed by atoms with Gasteiger partial charge in [-0.1, -0.05) is 28.1 Å². The van der Waals surface area contributed by atoms with Gasteiger partial charge < -0.3 is 5.32 Å². The third-order valence-corrected chi connectivity index (χ3v) is 3.30. The normalized spacial score (nSPS) is 9.83. The van der Waals surface area contributed by atoms with Gasteiger partial charge in [-0.25, -0.2) is 4.39 Å². The Balaban J connectivity index is 2.17. The van der Waals surface area contributed by atoms with E-state index in [0.717, 1.165) is 15.7 Å². The summed E-state index contributed by atoms with van der Waals surface area (Å²) in [5.74, 6) is -0.274. The molecule has 0 spiro atoms. The molecular formula is C14H10BrFN2. The van der Waals surface area contributed by atoms with Crippen molar-refractivity contribution in [1.82, 2.24) is 0 Å². The number of nitrogens with zero attached hydrogens (tertiary/aromatic N) is 1. The summed E-state index contributed by atoms with van der Waals surface area (Å²) >= 11 is 3.37. The van der Waals surface area contributed by atoms with Crippen molar-refractivity contribution in [2.24, 2.45) is 0 Å². The third-order valence-electron chi connectivity index (χ3n) is 2.52. The van der Waals surface area contributed by atoms with Crippen molar-refractivity contribution in [2.75, 3.05) is 5.32 Å². The Labute approximate surface area is 113 Å². The van der Waals surface area contributed by atoms with Gasteiger partial charge in [-0.15, -0.1) is 0 Å². The first-order valence-corrected chi connectivity index (χ1v) is 6.17. The van der Waals surface area contributed by atoms with Gasteiger partial charge in [0.15, 0.2) is 0 Å². The molecule has 0 aliphatic carbocycles. The fourth-order valence-electron chi connectivity index (χ4n) is 1.60. The molecule has 0 amide bonds. The van der Waals surface area contributed by atoms with Crippen molar-refractivity contribution < 1.29 is 4.39 Å². The Morgan fingerprint density at radius 2 is 2.00 bits per heavy atom. The molecule has 0 fully saturated rings. The summed E-state index contributed by atoms with van der Waals surface area (Å²) in [7, 11) is 0. The third kappa shape index (κ3) is 2.88. The second kappa shape index (κ2) is 5.65. The monoisotopic (exact) mass is 304 g/mol. The highest BCUT2D eigenvalue weighted by molar-refractivity contribution is 9.10. The fourth-order valence-corrected chi connectivity index (χ4v) is 1.99. The minimum absolute atomic E-state index is 0.274. The Morgan fingerprint density at radius 1 is 1.22 bits per heavy atom. The van der Waals surface area contributed by atoms with E-state index < -0.39 is 0 Å². The largest absolute Gasteiger partial charge is 0.380 e. The molecule has 0 saturated heterocycles. The molecule has 0 bridgehead atoms. The minimum Gasteiger partial charge on any atom is -0.380 e. The molecule has 0 saturated carbocycles. The Morgan fingerprint density at radius 3 is 2.78 bits per heavy atom. The summed E-state index contributed by atoms with van der Waals surface area (Å²) in [5.41, 5.74) is 2.13. The van der Waals surface area contributed by atoms with Crippen molar-refractivity contribution in [1.29, 1.82) is 5.26 Å². The van der Waals surface area contributed by atoms with Crippen LogP contribution >= 0.6 is 15.9 Å². The van der Waals surface area contributed by atoms with Crippen LogP contribution in [0, 0.1) is 17.1 Å². The van der Waals surface area contributed by atoms with E-state index in [1.807, 2.05) is 18.2 Å². The Kier molecular flexibility index (Phi) is 3.96. The van der Waals surface area contributed by atoms with Gasteiger partial charge in [0.25, 0.3) is 0 Å². The summed E-state index contributed by atoms with van der Waals surface area (Å²) < 4.78 is 14.0. The number of para-hydroxylation sites is 1. The summed E-state index contributed by atoms with van der Waals surface area (Å²) in [5, 5.41) is 12.1. The molecule has 2 aromatic rings. The number of hydrogen-bond donors (Lipinski definition) is 1. The SMILES string of the molecule is N#Cc1ccccc1NCc1cc(F)ccc1Br. The van der Waals surface area contributed by atoms with Crippen LogP contribution in [0.15, 0.2) is 46.9 Å². The number of nitriles is 1. The molecule has 2 aromatic carbocycles. The average molecular weight is 305 g/mol. The molecule has 0 aromatic heterocycles. The standard InChI is InChI=1S/C14H10BrFN2/c15-13-6-5-12(16)7-11(13)9-18-14-4-2-1-3-10(14)8-17/h1-7,18H,9H2. The van der Waals surface area contributed by atoms with E-state index in [0.29, 0.717) is 12.1 Å². The summed E-state index contributed by atoms with van der Waals surface area (Å²) in [4.78, 5) is 0. The molecule has 0 heterocycles. The zero-order valence-corrected chi connectivity index (χ0v) is 11.0. The van der Waals surface area contributed by atoms with E-state index in [2.05, 4.69) is 27.3 Å². The molecule has 0 unspecified atom stereocenters. The predicted octanol–water partition coefficient (Wildman–Crippen LogP) is 4.07. The predicted molar refractivity (Wildman–Crippen MR) is 72.6 cm³/mol. The number of hydrogen-bond acceptors (Lipinski definition) is 2. The second-order valence-electron chi connectivity index (χ2n) is 3.75. The topological polar surface area (TPSA) is 35.8 Å². The number of benzene rings is 2. The van der Waals surface area contributed by atoms with Crippen molar-refractivity contribution in [3.63, 3.8) is 0 Å². The van der Waals surface area contributed by atoms with E-state index in [1.165, 1.54) is 12.1 Å². The highest BCUT2D eigenvalue weighted by Crippen LogP contribution is 2.20. The van der Waals surface area contributed by atoms with Gasteiger partial charge >= 0.3 is 0 Å². The van der Waals surface area contributed by atoms with Crippen LogP contribution in [0.2, 0.25) is 0 Å².